The van der Waals surface area contributed by atoms with Gasteiger partial charge in [-0.05, 0) is 49.6 Å². The fourth-order valence-electron chi connectivity index (χ4n) is 4.43. The van der Waals surface area contributed by atoms with Crippen molar-refractivity contribution in [2.75, 3.05) is 11.9 Å². The Kier molecular flexibility index (Phi) is 6.20. The van der Waals surface area contributed by atoms with Gasteiger partial charge in [0.15, 0.2) is 0 Å². The Morgan fingerprint density at radius 1 is 1.26 bits per heavy atom. The van der Waals surface area contributed by atoms with Crippen molar-refractivity contribution in [3.63, 3.8) is 0 Å². The number of anilines is 1. The maximum absolute atomic E-state index is 14.1. The summed E-state index contributed by atoms with van der Waals surface area (Å²) in [5, 5.41) is 6.08. The predicted molar refractivity (Wildman–Crippen MR) is 126 cm³/mol. The predicted octanol–water partition coefficient (Wildman–Crippen LogP) is 3.91. The lowest BCUT2D eigenvalue weighted by atomic mass is 9.94. The van der Waals surface area contributed by atoms with E-state index in [0.717, 1.165) is 6.42 Å². The van der Waals surface area contributed by atoms with Crippen LogP contribution in [0.2, 0.25) is 0 Å². The zero-order valence-electron chi connectivity index (χ0n) is 19.8. The Balaban J connectivity index is 1.85. The van der Waals surface area contributed by atoms with Crippen LogP contribution in [0.3, 0.4) is 0 Å². The average molecular weight is 469 g/mol. The van der Waals surface area contributed by atoms with E-state index in [1.54, 1.807) is 29.7 Å². The summed E-state index contributed by atoms with van der Waals surface area (Å²) < 4.78 is 21.3. The number of amides is 3. The first-order valence-corrected chi connectivity index (χ1v) is 11.3. The molecule has 0 radical (unpaired) electrons. The molecule has 0 saturated carbocycles. The zero-order valence-corrected chi connectivity index (χ0v) is 19.8. The molecule has 1 aliphatic heterocycles. The fourth-order valence-corrected chi connectivity index (χ4v) is 4.43. The molecule has 2 N–H and O–H groups in total. The highest BCUT2D eigenvalue weighted by molar-refractivity contribution is 6.14. The standard InChI is InChI=1S/C25H29FN4O4/c1-15(2)9-10-27-24(33)25(4)14-29-20-8-7-17(26)12-19(20)21(28-16(3)31)22(29)23(32)30(25)13-18-6-5-11-34-18/h5-8,11-12,15H,9-10,13-14H2,1-4H3,(H,27,33)(H,28,31)/t25-/m0/s1. The maximum atomic E-state index is 14.1. The van der Waals surface area contributed by atoms with Gasteiger partial charge in [0.05, 0.1) is 30.6 Å². The van der Waals surface area contributed by atoms with Crippen LogP contribution >= 0.6 is 0 Å². The van der Waals surface area contributed by atoms with Gasteiger partial charge in [0.2, 0.25) is 11.8 Å². The molecule has 4 rings (SSSR count). The van der Waals surface area contributed by atoms with Gasteiger partial charge < -0.3 is 24.5 Å². The van der Waals surface area contributed by atoms with Gasteiger partial charge in [-0.1, -0.05) is 13.8 Å². The number of halogens is 1. The molecule has 0 saturated heterocycles. The second-order valence-electron chi connectivity index (χ2n) is 9.34. The molecule has 0 unspecified atom stereocenters. The first-order valence-electron chi connectivity index (χ1n) is 11.3. The minimum Gasteiger partial charge on any atom is -0.467 e. The average Bonchev–Trinajstić information content (AvgIpc) is 3.37. The number of aromatic nitrogens is 1. The van der Waals surface area contributed by atoms with Crippen LogP contribution in [0.15, 0.2) is 41.0 Å². The molecule has 0 spiro atoms. The van der Waals surface area contributed by atoms with Gasteiger partial charge >= 0.3 is 0 Å². The molecule has 34 heavy (non-hydrogen) atoms. The molecule has 1 aromatic carbocycles. The van der Waals surface area contributed by atoms with Gasteiger partial charge in [-0.3, -0.25) is 14.4 Å². The largest absolute Gasteiger partial charge is 0.467 e. The normalized spacial score (nSPS) is 17.8. The topological polar surface area (TPSA) is 96.6 Å². The molecular weight excluding hydrogens is 439 g/mol. The summed E-state index contributed by atoms with van der Waals surface area (Å²) in [6.45, 7) is 7.87. The second kappa shape index (κ2) is 8.96. The van der Waals surface area contributed by atoms with Gasteiger partial charge in [0.1, 0.15) is 22.8 Å². The summed E-state index contributed by atoms with van der Waals surface area (Å²) in [7, 11) is 0. The Bertz CT molecular complexity index is 1250. The molecule has 8 nitrogen and oxygen atoms in total. The van der Waals surface area contributed by atoms with E-state index in [4.69, 9.17) is 4.42 Å². The Morgan fingerprint density at radius 2 is 2.03 bits per heavy atom. The molecule has 1 atom stereocenters. The first kappa shape index (κ1) is 23.5. The molecule has 2 aromatic heterocycles. The SMILES string of the molecule is CC(=O)Nc1c2n(c3ccc(F)cc13)C[C@@](C)(C(=O)NCCC(C)C)N(Cc1ccco1)C2=O. The van der Waals surface area contributed by atoms with Gasteiger partial charge in [0.25, 0.3) is 5.91 Å². The molecule has 0 fully saturated rings. The van der Waals surface area contributed by atoms with Crippen LogP contribution in [0.1, 0.15) is 50.4 Å². The van der Waals surface area contributed by atoms with Crippen molar-refractivity contribution in [1.29, 1.82) is 0 Å². The van der Waals surface area contributed by atoms with Crippen LogP contribution in [0.4, 0.5) is 10.1 Å². The van der Waals surface area contributed by atoms with Crippen LogP contribution in [-0.2, 0) is 22.7 Å². The quantitative estimate of drug-likeness (QED) is 0.550. The van der Waals surface area contributed by atoms with Crippen molar-refractivity contribution in [2.45, 2.75) is 52.7 Å². The van der Waals surface area contributed by atoms with E-state index >= 15 is 0 Å². The number of nitrogens with one attached hydrogen (secondary N) is 2. The highest BCUT2D eigenvalue weighted by atomic mass is 19.1. The molecule has 0 aliphatic carbocycles. The van der Waals surface area contributed by atoms with E-state index < -0.39 is 17.3 Å². The fraction of sp³-hybridized carbons (Fsp3) is 0.400. The van der Waals surface area contributed by atoms with Crippen molar-refractivity contribution < 1.29 is 23.2 Å². The van der Waals surface area contributed by atoms with E-state index in [0.29, 0.717) is 29.1 Å². The molecule has 9 heteroatoms. The molecule has 3 heterocycles. The molecule has 180 valence electrons. The molecular formula is C25H29FN4O4. The summed E-state index contributed by atoms with van der Waals surface area (Å²) in [6, 6.07) is 7.60. The summed E-state index contributed by atoms with van der Waals surface area (Å²) in [5.41, 5.74) is -0.248. The zero-order chi connectivity index (χ0) is 24.6. The lowest BCUT2D eigenvalue weighted by Gasteiger charge is -2.44. The third-order valence-electron chi connectivity index (χ3n) is 6.23. The smallest absolute Gasteiger partial charge is 0.274 e. The van der Waals surface area contributed by atoms with Crippen molar-refractivity contribution in [1.82, 2.24) is 14.8 Å². The van der Waals surface area contributed by atoms with Crippen molar-refractivity contribution in [3.05, 3.63) is 53.9 Å². The van der Waals surface area contributed by atoms with E-state index in [1.165, 1.54) is 30.2 Å². The van der Waals surface area contributed by atoms with Gasteiger partial charge in [-0.25, -0.2) is 4.39 Å². The van der Waals surface area contributed by atoms with Crippen LogP contribution in [-0.4, -0.2) is 39.3 Å². The van der Waals surface area contributed by atoms with E-state index in [-0.39, 0.29) is 36.3 Å². The lowest BCUT2D eigenvalue weighted by molar-refractivity contribution is -0.133. The summed E-state index contributed by atoms with van der Waals surface area (Å²) in [4.78, 5) is 40.9. The summed E-state index contributed by atoms with van der Waals surface area (Å²) in [6.07, 6.45) is 2.31. The number of rotatable bonds is 7. The van der Waals surface area contributed by atoms with Crippen LogP contribution in [0.25, 0.3) is 10.9 Å². The Morgan fingerprint density at radius 3 is 2.68 bits per heavy atom. The number of hydrogen-bond donors (Lipinski definition) is 2. The summed E-state index contributed by atoms with van der Waals surface area (Å²) in [5.74, 6) is -0.684. The van der Waals surface area contributed by atoms with Gasteiger partial charge in [-0.15, -0.1) is 0 Å². The number of benzene rings is 1. The third-order valence-corrected chi connectivity index (χ3v) is 6.23. The number of fused-ring (bicyclic) bond motifs is 3. The molecule has 3 amide bonds. The lowest BCUT2D eigenvalue weighted by Crippen LogP contribution is -2.63. The monoisotopic (exact) mass is 468 g/mol. The van der Waals surface area contributed by atoms with Crippen LogP contribution < -0.4 is 10.6 Å². The number of furan rings is 1. The molecule has 0 bridgehead atoms. The highest BCUT2D eigenvalue weighted by Gasteiger charge is 2.49. The minimum atomic E-state index is -1.25. The summed E-state index contributed by atoms with van der Waals surface area (Å²) >= 11 is 0. The van der Waals surface area contributed by atoms with Crippen LogP contribution in [0, 0.1) is 11.7 Å². The Labute approximate surface area is 197 Å². The number of hydrogen-bond acceptors (Lipinski definition) is 4. The van der Waals surface area contributed by atoms with Crippen molar-refractivity contribution >= 4 is 34.3 Å². The van der Waals surface area contributed by atoms with Gasteiger partial charge in [0, 0.05) is 18.9 Å². The molecule has 3 aromatic rings. The van der Waals surface area contributed by atoms with E-state index in [9.17, 15) is 18.8 Å². The first-order chi connectivity index (χ1) is 16.1. The number of nitrogens with zero attached hydrogens (tertiary/aromatic N) is 2. The Hall–Kier alpha value is -3.62. The molecule has 1 aliphatic rings. The van der Waals surface area contributed by atoms with Crippen LogP contribution in [0.5, 0.6) is 0 Å². The second-order valence-corrected chi connectivity index (χ2v) is 9.34. The van der Waals surface area contributed by atoms with Crippen molar-refractivity contribution in [2.24, 2.45) is 5.92 Å². The third kappa shape index (κ3) is 4.18. The van der Waals surface area contributed by atoms with E-state index in [2.05, 4.69) is 24.5 Å². The highest BCUT2D eigenvalue weighted by Crippen LogP contribution is 2.39. The number of carbonyl (C=O) groups excluding carboxylic acids is 3. The van der Waals surface area contributed by atoms with Crippen molar-refractivity contribution in [3.8, 4) is 0 Å². The van der Waals surface area contributed by atoms with E-state index in [1.807, 2.05) is 0 Å². The minimum absolute atomic E-state index is 0.0648. The number of carbonyl (C=O) groups is 3. The van der Waals surface area contributed by atoms with Gasteiger partial charge in [-0.2, -0.15) is 0 Å². The maximum Gasteiger partial charge on any atom is 0.274 e.